The summed E-state index contributed by atoms with van der Waals surface area (Å²) in [5, 5.41) is 4.75. The molecular weight excluding hydrogens is 350 g/mol. The number of primary amides is 1. The van der Waals surface area contributed by atoms with Crippen LogP contribution in [0.2, 0.25) is 0 Å². The molecule has 27 heavy (non-hydrogen) atoms. The van der Waals surface area contributed by atoms with E-state index < -0.39 is 11.8 Å². The topological polar surface area (TPSA) is 116 Å². The van der Waals surface area contributed by atoms with Gasteiger partial charge in [-0.05, 0) is 35.9 Å². The number of para-hydroxylation sites is 1. The lowest BCUT2D eigenvalue weighted by Gasteiger charge is -2.09. The van der Waals surface area contributed by atoms with Crippen LogP contribution in [0.4, 0.5) is 0 Å². The highest BCUT2D eigenvalue weighted by molar-refractivity contribution is 5.96. The van der Waals surface area contributed by atoms with Crippen LogP contribution in [-0.4, -0.2) is 31.7 Å². The molecule has 0 saturated carbocycles. The van der Waals surface area contributed by atoms with Crippen LogP contribution in [0, 0.1) is 0 Å². The molecule has 0 fully saturated rings. The first-order valence-electron chi connectivity index (χ1n) is 7.98. The zero-order valence-corrected chi connectivity index (χ0v) is 14.5. The van der Waals surface area contributed by atoms with Crippen molar-refractivity contribution in [2.45, 2.75) is 0 Å². The third kappa shape index (κ3) is 4.43. The van der Waals surface area contributed by atoms with Gasteiger partial charge in [0.25, 0.3) is 5.91 Å². The standard InChI is InChI=1S/C19H17N3O5/c1-25-16-8-12(6-7-15(16)26-11-18(20)23)10-21-22-19(24)17-9-13-4-2-3-5-14(13)27-17/h2-10H,11H2,1H3,(H2,20,23)(H,22,24)/b21-10+. The number of rotatable bonds is 7. The second-order valence-electron chi connectivity index (χ2n) is 5.51. The Bertz CT molecular complexity index is 977. The monoisotopic (exact) mass is 367 g/mol. The van der Waals surface area contributed by atoms with Crippen LogP contribution in [0.1, 0.15) is 16.1 Å². The van der Waals surface area contributed by atoms with E-state index in [1.54, 1.807) is 30.3 Å². The Labute approximate surface area is 154 Å². The molecule has 0 unspecified atom stereocenters. The van der Waals surface area contributed by atoms with Crippen molar-refractivity contribution in [2.75, 3.05) is 13.7 Å². The maximum atomic E-state index is 12.1. The second kappa shape index (κ2) is 8.05. The fourth-order valence-electron chi connectivity index (χ4n) is 2.35. The molecule has 0 aliphatic heterocycles. The molecule has 1 heterocycles. The van der Waals surface area contributed by atoms with Crippen LogP contribution in [-0.2, 0) is 4.79 Å². The molecule has 3 N–H and O–H groups in total. The molecule has 1 aromatic heterocycles. The van der Waals surface area contributed by atoms with Gasteiger partial charge in [-0.3, -0.25) is 9.59 Å². The number of nitrogens with one attached hydrogen (secondary N) is 1. The average Bonchev–Trinajstić information content (AvgIpc) is 3.11. The van der Waals surface area contributed by atoms with Crippen LogP contribution >= 0.6 is 0 Å². The number of methoxy groups -OCH3 is 1. The van der Waals surface area contributed by atoms with Gasteiger partial charge in [0, 0.05) is 5.39 Å². The first-order chi connectivity index (χ1) is 13.1. The van der Waals surface area contributed by atoms with Crippen LogP contribution < -0.4 is 20.6 Å². The first kappa shape index (κ1) is 18.0. The highest BCUT2D eigenvalue weighted by atomic mass is 16.5. The van der Waals surface area contributed by atoms with Crippen molar-refractivity contribution in [3.63, 3.8) is 0 Å². The molecule has 2 amide bonds. The summed E-state index contributed by atoms with van der Waals surface area (Å²) in [5.74, 6) is -0.100. The molecule has 0 aliphatic rings. The number of nitrogens with zero attached hydrogens (tertiary/aromatic N) is 1. The Morgan fingerprint density at radius 1 is 1.19 bits per heavy atom. The molecule has 8 heteroatoms. The van der Waals surface area contributed by atoms with Gasteiger partial charge in [-0.2, -0.15) is 5.10 Å². The Kier molecular flexibility index (Phi) is 5.36. The summed E-state index contributed by atoms with van der Waals surface area (Å²) in [4.78, 5) is 22.9. The Morgan fingerprint density at radius 2 is 2.00 bits per heavy atom. The van der Waals surface area contributed by atoms with Crippen molar-refractivity contribution in [3.05, 3.63) is 59.9 Å². The highest BCUT2D eigenvalue weighted by Crippen LogP contribution is 2.27. The van der Waals surface area contributed by atoms with E-state index in [9.17, 15) is 9.59 Å². The van der Waals surface area contributed by atoms with E-state index in [0.29, 0.717) is 22.6 Å². The maximum absolute atomic E-state index is 12.1. The number of furan rings is 1. The number of fused-ring (bicyclic) bond motifs is 1. The minimum absolute atomic E-state index is 0.168. The lowest BCUT2D eigenvalue weighted by molar-refractivity contribution is -0.119. The van der Waals surface area contributed by atoms with Crippen molar-refractivity contribution in [2.24, 2.45) is 10.8 Å². The molecule has 8 nitrogen and oxygen atoms in total. The Hall–Kier alpha value is -3.81. The van der Waals surface area contributed by atoms with E-state index >= 15 is 0 Å². The van der Waals surface area contributed by atoms with Gasteiger partial charge < -0.3 is 19.6 Å². The molecule has 0 radical (unpaired) electrons. The highest BCUT2D eigenvalue weighted by Gasteiger charge is 2.11. The number of carbonyl (C=O) groups excluding carboxylic acids is 2. The van der Waals surface area contributed by atoms with E-state index in [-0.39, 0.29) is 12.4 Å². The third-order valence-corrected chi connectivity index (χ3v) is 3.59. The van der Waals surface area contributed by atoms with Gasteiger partial charge in [-0.15, -0.1) is 0 Å². The molecule has 0 aliphatic carbocycles. The van der Waals surface area contributed by atoms with Crippen LogP contribution in [0.3, 0.4) is 0 Å². The van der Waals surface area contributed by atoms with Crippen LogP contribution in [0.15, 0.2) is 58.0 Å². The number of hydrogen-bond acceptors (Lipinski definition) is 6. The second-order valence-corrected chi connectivity index (χ2v) is 5.51. The van der Waals surface area contributed by atoms with Gasteiger partial charge in [-0.25, -0.2) is 5.43 Å². The van der Waals surface area contributed by atoms with Gasteiger partial charge in [-0.1, -0.05) is 18.2 Å². The van der Waals surface area contributed by atoms with E-state index in [1.165, 1.54) is 13.3 Å². The Balaban J connectivity index is 1.66. The quantitative estimate of drug-likeness (QED) is 0.490. The van der Waals surface area contributed by atoms with E-state index in [4.69, 9.17) is 19.6 Å². The summed E-state index contributed by atoms with van der Waals surface area (Å²) in [6.07, 6.45) is 1.45. The third-order valence-electron chi connectivity index (χ3n) is 3.59. The lowest BCUT2D eigenvalue weighted by atomic mass is 10.2. The van der Waals surface area contributed by atoms with Crippen molar-refractivity contribution in [1.82, 2.24) is 5.43 Å². The largest absolute Gasteiger partial charge is 0.493 e. The SMILES string of the molecule is COc1cc(/C=N/NC(=O)c2cc3ccccc3o2)ccc1OCC(N)=O. The van der Waals surface area contributed by atoms with E-state index in [2.05, 4.69) is 10.5 Å². The number of benzene rings is 2. The predicted molar refractivity (Wildman–Crippen MR) is 99.0 cm³/mol. The van der Waals surface area contributed by atoms with Gasteiger partial charge >= 0.3 is 5.91 Å². The smallest absolute Gasteiger partial charge is 0.307 e. The van der Waals surface area contributed by atoms with E-state index in [1.807, 2.05) is 18.2 Å². The zero-order valence-electron chi connectivity index (χ0n) is 14.5. The molecule has 138 valence electrons. The van der Waals surface area contributed by atoms with Crippen LogP contribution in [0.25, 0.3) is 11.0 Å². The number of amides is 2. The molecule has 2 aromatic carbocycles. The molecule has 0 bridgehead atoms. The van der Waals surface area contributed by atoms with Crippen molar-refractivity contribution < 1.29 is 23.5 Å². The molecule has 3 aromatic rings. The van der Waals surface area contributed by atoms with Crippen molar-refractivity contribution in [1.29, 1.82) is 0 Å². The zero-order chi connectivity index (χ0) is 19.2. The van der Waals surface area contributed by atoms with Crippen molar-refractivity contribution in [3.8, 4) is 11.5 Å². The summed E-state index contributed by atoms with van der Waals surface area (Å²) < 4.78 is 15.9. The number of hydrogen-bond donors (Lipinski definition) is 2. The summed E-state index contributed by atoms with van der Waals surface area (Å²) in [6.45, 7) is -0.253. The lowest BCUT2D eigenvalue weighted by Crippen LogP contribution is -2.20. The number of nitrogens with two attached hydrogens (primary N) is 1. The normalized spacial score (nSPS) is 10.9. The minimum Gasteiger partial charge on any atom is -0.493 e. The fourth-order valence-corrected chi connectivity index (χ4v) is 2.35. The summed E-state index contributed by atoms with van der Waals surface area (Å²) in [6, 6.07) is 13.9. The number of carbonyl (C=O) groups is 2. The summed E-state index contributed by atoms with van der Waals surface area (Å²) >= 11 is 0. The van der Waals surface area contributed by atoms with E-state index in [0.717, 1.165) is 5.39 Å². The van der Waals surface area contributed by atoms with Gasteiger partial charge in [0.1, 0.15) is 5.58 Å². The predicted octanol–water partition coefficient (Wildman–Crippen LogP) is 2.07. The first-order valence-corrected chi connectivity index (χ1v) is 7.98. The molecule has 3 rings (SSSR count). The number of ether oxygens (including phenoxy) is 2. The van der Waals surface area contributed by atoms with Crippen molar-refractivity contribution >= 4 is 29.0 Å². The molecule has 0 atom stereocenters. The summed E-state index contributed by atoms with van der Waals surface area (Å²) in [7, 11) is 1.47. The maximum Gasteiger partial charge on any atom is 0.307 e. The van der Waals surface area contributed by atoms with Gasteiger partial charge in [0.2, 0.25) is 0 Å². The number of hydrazone groups is 1. The molecular formula is C19H17N3O5. The summed E-state index contributed by atoms with van der Waals surface area (Å²) in [5.41, 5.74) is 8.74. The molecule has 0 spiro atoms. The van der Waals surface area contributed by atoms with Gasteiger partial charge in [0.15, 0.2) is 23.9 Å². The Morgan fingerprint density at radius 3 is 2.74 bits per heavy atom. The fraction of sp³-hybridized carbons (Fsp3) is 0.105. The average molecular weight is 367 g/mol. The minimum atomic E-state index is -0.587. The van der Waals surface area contributed by atoms with Gasteiger partial charge in [0.05, 0.1) is 13.3 Å². The molecule has 0 saturated heterocycles. The van der Waals surface area contributed by atoms with Crippen LogP contribution in [0.5, 0.6) is 11.5 Å².